The van der Waals surface area contributed by atoms with Gasteiger partial charge in [-0.15, -0.1) is 0 Å². The molecule has 0 fully saturated rings. The van der Waals surface area contributed by atoms with Gasteiger partial charge in [0, 0.05) is 25.2 Å². The Morgan fingerprint density at radius 3 is 2.75 bits per heavy atom. The van der Waals surface area contributed by atoms with E-state index < -0.39 is 0 Å². The Morgan fingerprint density at radius 1 is 1.14 bits per heavy atom. The number of rotatable bonds is 6. The smallest absolute Gasteiger partial charge is 0.220 e. The number of benzene rings is 2. The molecule has 4 nitrogen and oxygen atoms in total. The second-order valence-electron chi connectivity index (χ2n) is 7.57. The van der Waals surface area contributed by atoms with Crippen molar-refractivity contribution in [3.8, 4) is 5.75 Å². The van der Waals surface area contributed by atoms with Gasteiger partial charge >= 0.3 is 0 Å². The van der Waals surface area contributed by atoms with E-state index in [9.17, 15) is 4.79 Å². The maximum Gasteiger partial charge on any atom is 0.220 e. The SMILES string of the molecule is NC(=O)C1CCc2ccc(OCC3=CCN(Cc4ccccc4)C=C3)cc2C1. The number of fused-ring (bicyclic) bond motifs is 1. The van der Waals surface area contributed by atoms with Crippen molar-refractivity contribution in [2.75, 3.05) is 13.2 Å². The number of carbonyl (C=O) groups is 1. The number of nitrogens with two attached hydrogens (primary N) is 1. The van der Waals surface area contributed by atoms with Crippen LogP contribution in [0.2, 0.25) is 0 Å². The van der Waals surface area contributed by atoms with E-state index in [1.165, 1.54) is 22.3 Å². The van der Waals surface area contributed by atoms with Crippen LogP contribution in [-0.4, -0.2) is 24.0 Å². The quantitative estimate of drug-likeness (QED) is 0.840. The van der Waals surface area contributed by atoms with Crippen molar-refractivity contribution in [1.29, 1.82) is 0 Å². The van der Waals surface area contributed by atoms with Gasteiger partial charge in [-0.3, -0.25) is 4.79 Å². The average Bonchev–Trinajstić information content (AvgIpc) is 2.73. The average molecular weight is 374 g/mol. The van der Waals surface area contributed by atoms with Gasteiger partial charge in [0.15, 0.2) is 0 Å². The normalized spacial score (nSPS) is 18.4. The van der Waals surface area contributed by atoms with Crippen molar-refractivity contribution in [2.24, 2.45) is 11.7 Å². The topological polar surface area (TPSA) is 55.6 Å². The van der Waals surface area contributed by atoms with Crippen molar-refractivity contribution in [3.05, 3.63) is 89.1 Å². The van der Waals surface area contributed by atoms with Gasteiger partial charge in [-0.05, 0) is 59.7 Å². The molecule has 4 heteroatoms. The zero-order chi connectivity index (χ0) is 19.3. The summed E-state index contributed by atoms with van der Waals surface area (Å²) in [4.78, 5) is 13.8. The third-order valence-corrected chi connectivity index (χ3v) is 5.53. The molecule has 2 aromatic rings. The molecule has 1 amide bonds. The van der Waals surface area contributed by atoms with Crippen molar-refractivity contribution in [2.45, 2.75) is 25.8 Å². The zero-order valence-electron chi connectivity index (χ0n) is 16.0. The monoisotopic (exact) mass is 374 g/mol. The number of aryl methyl sites for hydroxylation is 1. The van der Waals surface area contributed by atoms with Crippen LogP contribution < -0.4 is 10.5 Å². The number of ether oxygens (including phenoxy) is 1. The lowest BCUT2D eigenvalue weighted by Crippen LogP contribution is -2.28. The van der Waals surface area contributed by atoms with Gasteiger partial charge in [-0.1, -0.05) is 42.5 Å². The molecule has 2 N–H and O–H groups in total. The molecule has 1 aliphatic carbocycles. The molecule has 144 valence electrons. The molecule has 0 saturated heterocycles. The van der Waals surface area contributed by atoms with Crippen LogP contribution in [0, 0.1) is 5.92 Å². The lowest BCUT2D eigenvalue weighted by atomic mass is 9.83. The maximum atomic E-state index is 11.5. The van der Waals surface area contributed by atoms with Crippen molar-refractivity contribution in [3.63, 3.8) is 0 Å². The van der Waals surface area contributed by atoms with Crippen molar-refractivity contribution < 1.29 is 9.53 Å². The number of nitrogens with zero attached hydrogens (tertiary/aromatic N) is 1. The Hall–Kier alpha value is -3.01. The fourth-order valence-electron chi connectivity index (χ4n) is 3.84. The predicted octanol–water partition coefficient (Wildman–Crippen LogP) is 3.61. The van der Waals surface area contributed by atoms with E-state index in [0.717, 1.165) is 38.1 Å². The number of primary amides is 1. The van der Waals surface area contributed by atoms with Gasteiger partial charge in [0.25, 0.3) is 0 Å². The predicted molar refractivity (Wildman–Crippen MR) is 111 cm³/mol. The summed E-state index contributed by atoms with van der Waals surface area (Å²) in [5.74, 6) is 0.599. The third kappa shape index (κ3) is 4.45. The highest BCUT2D eigenvalue weighted by Gasteiger charge is 2.23. The minimum atomic E-state index is -0.200. The van der Waals surface area contributed by atoms with Crippen LogP contribution in [0.4, 0.5) is 0 Å². The first-order valence-electron chi connectivity index (χ1n) is 9.86. The molecule has 1 aliphatic heterocycles. The summed E-state index contributed by atoms with van der Waals surface area (Å²) in [6.07, 6.45) is 8.95. The minimum Gasteiger partial charge on any atom is -0.489 e. The van der Waals surface area contributed by atoms with Crippen LogP contribution in [0.3, 0.4) is 0 Å². The zero-order valence-corrected chi connectivity index (χ0v) is 16.0. The summed E-state index contributed by atoms with van der Waals surface area (Å²) in [5.41, 5.74) is 10.5. The van der Waals surface area contributed by atoms with Crippen LogP contribution in [0.15, 0.2) is 72.5 Å². The fraction of sp³-hybridized carbons (Fsp3) is 0.292. The van der Waals surface area contributed by atoms with Crippen molar-refractivity contribution in [1.82, 2.24) is 4.90 Å². The van der Waals surface area contributed by atoms with Crippen LogP contribution in [0.1, 0.15) is 23.1 Å². The Balaban J connectivity index is 1.31. The first-order chi connectivity index (χ1) is 13.7. The molecule has 0 aromatic heterocycles. The lowest BCUT2D eigenvalue weighted by molar-refractivity contribution is -0.122. The third-order valence-electron chi connectivity index (χ3n) is 5.53. The molecule has 0 radical (unpaired) electrons. The number of carbonyl (C=O) groups excluding carboxylic acids is 1. The van der Waals surface area contributed by atoms with E-state index in [4.69, 9.17) is 10.5 Å². The fourth-order valence-corrected chi connectivity index (χ4v) is 3.84. The number of amides is 1. The van der Waals surface area contributed by atoms with Crippen LogP contribution in [-0.2, 0) is 24.2 Å². The van der Waals surface area contributed by atoms with Crippen LogP contribution >= 0.6 is 0 Å². The van der Waals surface area contributed by atoms with E-state index in [0.29, 0.717) is 6.61 Å². The molecule has 1 unspecified atom stereocenters. The lowest BCUT2D eigenvalue weighted by Gasteiger charge is -2.24. The van der Waals surface area contributed by atoms with Gasteiger partial charge in [-0.25, -0.2) is 0 Å². The number of hydrogen-bond acceptors (Lipinski definition) is 3. The first-order valence-corrected chi connectivity index (χ1v) is 9.86. The molecule has 2 aromatic carbocycles. The standard InChI is InChI=1S/C24H26N2O2/c25-24(27)21-7-6-20-8-9-23(15-22(20)14-21)28-17-19-10-12-26(13-11-19)16-18-4-2-1-3-5-18/h1-5,8-12,15,21H,6-7,13-14,16-17H2,(H2,25,27). The van der Waals surface area contributed by atoms with Crippen LogP contribution in [0.25, 0.3) is 0 Å². The van der Waals surface area contributed by atoms with Gasteiger partial charge in [0.2, 0.25) is 5.91 Å². The van der Waals surface area contributed by atoms with E-state index in [-0.39, 0.29) is 11.8 Å². The Kier molecular flexibility index (Phi) is 5.47. The van der Waals surface area contributed by atoms with Gasteiger partial charge in [0.05, 0.1) is 0 Å². The van der Waals surface area contributed by atoms with E-state index >= 15 is 0 Å². The second-order valence-corrected chi connectivity index (χ2v) is 7.57. The molecule has 2 aliphatic rings. The summed E-state index contributed by atoms with van der Waals surface area (Å²) in [6, 6.07) is 16.7. The molecular weight excluding hydrogens is 348 g/mol. The maximum absolute atomic E-state index is 11.5. The van der Waals surface area contributed by atoms with Crippen LogP contribution in [0.5, 0.6) is 5.75 Å². The number of hydrogen-bond donors (Lipinski definition) is 1. The highest BCUT2D eigenvalue weighted by molar-refractivity contribution is 5.77. The van der Waals surface area contributed by atoms with Gasteiger partial charge in [0.1, 0.15) is 12.4 Å². The highest BCUT2D eigenvalue weighted by atomic mass is 16.5. The summed E-state index contributed by atoms with van der Waals surface area (Å²) in [7, 11) is 0. The van der Waals surface area contributed by atoms with Gasteiger partial charge in [-0.2, -0.15) is 0 Å². The first kappa shape index (κ1) is 18.4. The van der Waals surface area contributed by atoms with E-state index in [1.54, 1.807) is 0 Å². The van der Waals surface area contributed by atoms with E-state index in [1.807, 2.05) is 12.1 Å². The Labute approximate surface area is 166 Å². The molecule has 0 saturated carbocycles. The second kappa shape index (κ2) is 8.34. The Morgan fingerprint density at radius 2 is 2.00 bits per heavy atom. The molecule has 1 atom stereocenters. The largest absolute Gasteiger partial charge is 0.489 e. The van der Waals surface area contributed by atoms with Crippen molar-refractivity contribution >= 4 is 5.91 Å². The molecular formula is C24H26N2O2. The molecule has 4 rings (SSSR count). The summed E-state index contributed by atoms with van der Waals surface area (Å²) in [6.45, 7) is 2.34. The molecule has 0 spiro atoms. The summed E-state index contributed by atoms with van der Waals surface area (Å²) >= 11 is 0. The summed E-state index contributed by atoms with van der Waals surface area (Å²) < 4.78 is 6.01. The molecule has 1 heterocycles. The Bertz CT molecular complexity index is 902. The highest BCUT2D eigenvalue weighted by Crippen LogP contribution is 2.29. The molecule has 0 bridgehead atoms. The summed E-state index contributed by atoms with van der Waals surface area (Å²) in [5, 5.41) is 0. The van der Waals surface area contributed by atoms with E-state index in [2.05, 4.69) is 59.7 Å². The molecule has 28 heavy (non-hydrogen) atoms. The van der Waals surface area contributed by atoms with Gasteiger partial charge < -0.3 is 15.4 Å². The minimum absolute atomic E-state index is 0.0534.